The van der Waals surface area contributed by atoms with Gasteiger partial charge in [0.1, 0.15) is 0 Å². The first-order chi connectivity index (χ1) is 7.79. The molecule has 1 heterocycles. The summed E-state index contributed by atoms with van der Waals surface area (Å²) in [5.41, 5.74) is 5.27. The van der Waals surface area contributed by atoms with Gasteiger partial charge in [0.15, 0.2) is 6.04 Å². The lowest BCUT2D eigenvalue weighted by Crippen LogP contribution is -2.54. The van der Waals surface area contributed by atoms with Gasteiger partial charge in [-0.2, -0.15) is 0 Å². The highest BCUT2D eigenvalue weighted by Gasteiger charge is 2.17. The summed E-state index contributed by atoms with van der Waals surface area (Å²) >= 11 is 1.45. The van der Waals surface area contributed by atoms with Gasteiger partial charge in [0.25, 0.3) is 11.1 Å². The summed E-state index contributed by atoms with van der Waals surface area (Å²) in [4.78, 5) is 0. The molecule has 84 valence electrons. The molecule has 0 amide bonds. The van der Waals surface area contributed by atoms with Crippen LogP contribution in [0.2, 0.25) is 0 Å². The van der Waals surface area contributed by atoms with Gasteiger partial charge in [-0.05, 0) is 11.8 Å². The number of rotatable bonds is 4. The van der Waals surface area contributed by atoms with Gasteiger partial charge < -0.3 is 10.2 Å². The molecule has 0 radical (unpaired) electrons. The molecule has 0 spiro atoms. The molecule has 1 aromatic heterocycles. The normalized spacial score (nSPS) is 12.6. The van der Waals surface area contributed by atoms with E-state index in [1.165, 1.54) is 17.3 Å². The molecule has 0 aliphatic carbocycles. The predicted molar refractivity (Wildman–Crippen MR) is 61.9 cm³/mol. The highest BCUT2D eigenvalue weighted by Crippen LogP contribution is 2.17. The molecule has 0 fully saturated rings. The van der Waals surface area contributed by atoms with Gasteiger partial charge in [-0.3, -0.25) is 0 Å². The third-order valence-electron chi connectivity index (χ3n) is 2.27. The Bertz CT molecular complexity index is 444. The van der Waals surface area contributed by atoms with Crippen molar-refractivity contribution in [1.29, 1.82) is 0 Å². The highest BCUT2D eigenvalue weighted by atomic mass is 32.2. The average molecular weight is 236 g/mol. The Morgan fingerprint density at radius 3 is 2.69 bits per heavy atom. The number of quaternary nitrogens is 1. The third-order valence-corrected chi connectivity index (χ3v) is 2.79. The monoisotopic (exact) mass is 236 g/mol. The Balaban J connectivity index is 2.05. The molecule has 0 bridgehead atoms. The molecule has 2 aromatic rings. The van der Waals surface area contributed by atoms with Crippen LogP contribution in [0.1, 0.15) is 17.5 Å². The van der Waals surface area contributed by atoms with Gasteiger partial charge in [-0.25, -0.2) is 0 Å². The van der Waals surface area contributed by atoms with Gasteiger partial charge >= 0.3 is 0 Å². The first kappa shape index (κ1) is 11.2. The van der Waals surface area contributed by atoms with Crippen molar-refractivity contribution in [1.82, 2.24) is 10.2 Å². The van der Waals surface area contributed by atoms with E-state index in [9.17, 15) is 0 Å². The van der Waals surface area contributed by atoms with E-state index in [0.29, 0.717) is 11.1 Å². The van der Waals surface area contributed by atoms with Crippen LogP contribution in [0.15, 0.2) is 40.0 Å². The summed E-state index contributed by atoms with van der Waals surface area (Å²) in [6, 6.07) is 10.2. The second kappa shape index (κ2) is 5.14. The molecular formula is C11H14N3OS+. The summed E-state index contributed by atoms with van der Waals surface area (Å²) in [5, 5.41) is 8.48. The number of nitrogens with zero attached hydrogens (tertiary/aromatic N) is 2. The van der Waals surface area contributed by atoms with Crippen molar-refractivity contribution in [2.75, 3.05) is 6.26 Å². The maximum Gasteiger partial charge on any atom is 0.276 e. The van der Waals surface area contributed by atoms with Crippen LogP contribution < -0.4 is 5.73 Å². The van der Waals surface area contributed by atoms with Gasteiger partial charge in [0.05, 0.1) is 0 Å². The van der Waals surface area contributed by atoms with Crippen molar-refractivity contribution in [3.8, 4) is 0 Å². The van der Waals surface area contributed by atoms with Crippen LogP contribution in [0.4, 0.5) is 0 Å². The maximum atomic E-state index is 5.45. The zero-order valence-electron chi connectivity index (χ0n) is 9.09. The van der Waals surface area contributed by atoms with E-state index in [1.54, 1.807) is 0 Å². The van der Waals surface area contributed by atoms with E-state index >= 15 is 0 Å². The largest absolute Gasteiger partial charge is 0.410 e. The lowest BCUT2D eigenvalue weighted by molar-refractivity contribution is -0.431. The third kappa shape index (κ3) is 2.62. The predicted octanol–water partition coefficient (Wildman–Crippen LogP) is 1.32. The summed E-state index contributed by atoms with van der Waals surface area (Å²) < 4.78 is 5.45. The number of thioether (sulfide) groups is 1. The highest BCUT2D eigenvalue weighted by molar-refractivity contribution is 7.98. The number of hydrogen-bond acceptors (Lipinski definition) is 4. The van der Waals surface area contributed by atoms with Crippen molar-refractivity contribution in [3.63, 3.8) is 0 Å². The summed E-state index contributed by atoms with van der Waals surface area (Å²) in [6.45, 7) is 0. The standard InChI is InChI=1S/C11H13N3OS/c1-16-11-14-13-10(15-11)9(12)7-8-5-3-2-4-6-8/h2-6,9H,7,12H2,1H3/p+1. The summed E-state index contributed by atoms with van der Waals surface area (Å²) in [5.74, 6) is 0.605. The number of benzene rings is 1. The van der Waals surface area contributed by atoms with Gasteiger partial charge in [0, 0.05) is 6.42 Å². The van der Waals surface area contributed by atoms with E-state index in [-0.39, 0.29) is 6.04 Å². The maximum absolute atomic E-state index is 5.45. The fourth-order valence-electron chi connectivity index (χ4n) is 1.45. The van der Waals surface area contributed by atoms with Crippen molar-refractivity contribution in [2.45, 2.75) is 17.7 Å². The van der Waals surface area contributed by atoms with Crippen LogP contribution in [0, 0.1) is 0 Å². The van der Waals surface area contributed by atoms with Crippen LogP contribution >= 0.6 is 11.8 Å². The second-order valence-corrected chi connectivity index (χ2v) is 4.25. The van der Waals surface area contributed by atoms with Crippen LogP contribution in [0.25, 0.3) is 0 Å². The topological polar surface area (TPSA) is 66.6 Å². The van der Waals surface area contributed by atoms with E-state index in [1.807, 2.05) is 24.5 Å². The Labute approximate surface area is 98.2 Å². The first-order valence-electron chi connectivity index (χ1n) is 5.04. The zero-order chi connectivity index (χ0) is 11.4. The number of aromatic nitrogens is 2. The van der Waals surface area contributed by atoms with E-state index in [0.717, 1.165) is 6.42 Å². The molecule has 0 saturated heterocycles. The molecule has 3 N–H and O–H groups in total. The average Bonchev–Trinajstić information content (AvgIpc) is 2.79. The lowest BCUT2D eigenvalue weighted by atomic mass is 10.1. The fraction of sp³-hybridized carbons (Fsp3) is 0.273. The van der Waals surface area contributed by atoms with E-state index < -0.39 is 0 Å². The van der Waals surface area contributed by atoms with Crippen LogP contribution in [-0.2, 0) is 6.42 Å². The molecule has 1 atom stereocenters. The zero-order valence-corrected chi connectivity index (χ0v) is 9.91. The van der Waals surface area contributed by atoms with Crippen molar-refractivity contribution in [2.24, 2.45) is 0 Å². The number of hydrogen-bond donors (Lipinski definition) is 1. The molecule has 2 rings (SSSR count). The molecule has 16 heavy (non-hydrogen) atoms. The minimum Gasteiger partial charge on any atom is -0.410 e. The molecule has 0 aliphatic heterocycles. The Hall–Kier alpha value is -1.33. The van der Waals surface area contributed by atoms with Crippen LogP contribution in [0.3, 0.4) is 0 Å². The SMILES string of the molecule is CSc1nnc(C([NH3+])Cc2ccccc2)o1. The Morgan fingerprint density at radius 2 is 2.06 bits per heavy atom. The molecule has 5 heteroatoms. The van der Waals surface area contributed by atoms with Gasteiger partial charge in [-0.15, -0.1) is 10.2 Å². The van der Waals surface area contributed by atoms with Gasteiger partial charge in [-0.1, -0.05) is 42.1 Å². The lowest BCUT2D eigenvalue weighted by Gasteiger charge is -2.03. The smallest absolute Gasteiger partial charge is 0.276 e. The summed E-state index contributed by atoms with van der Waals surface area (Å²) in [6.07, 6.45) is 2.73. The van der Waals surface area contributed by atoms with Gasteiger partial charge in [0.2, 0.25) is 0 Å². The molecule has 1 aromatic carbocycles. The minimum atomic E-state index is 0.01000. The van der Waals surface area contributed by atoms with Crippen molar-refractivity contribution >= 4 is 11.8 Å². The fourth-order valence-corrected chi connectivity index (χ4v) is 1.74. The minimum absolute atomic E-state index is 0.01000. The van der Waals surface area contributed by atoms with E-state index in [2.05, 4.69) is 28.1 Å². The quantitative estimate of drug-likeness (QED) is 0.813. The van der Waals surface area contributed by atoms with Crippen LogP contribution in [0.5, 0.6) is 0 Å². The Kier molecular flexibility index (Phi) is 3.58. The molecular weight excluding hydrogens is 222 g/mol. The van der Waals surface area contributed by atoms with Crippen LogP contribution in [-0.4, -0.2) is 16.5 Å². The molecule has 1 unspecified atom stereocenters. The van der Waals surface area contributed by atoms with Crippen molar-refractivity contribution in [3.05, 3.63) is 41.8 Å². The molecule has 4 nitrogen and oxygen atoms in total. The Morgan fingerprint density at radius 1 is 1.31 bits per heavy atom. The van der Waals surface area contributed by atoms with E-state index in [4.69, 9.17) is 4.42 Å². The second-order valence-electron chi connectivity index (χ2n) is 3.50. The summed E-state index contributed by atoms with van der Waals surface area (Å²) in [7, 11) is 0. The molecule has 0 saturated carbocycles. The first-order valence-corrected chi connectivity index (χ1v) is 6.26. The molecule has 0 aliphatic rings. The van der Waals surface area contributed by atoms with Crippen molar-refractivity contribution < 1.29 is 10.2 Å².